The fourth-order valence-electron chi connectivity index (χ4n) is 3.37. The molecule has 7 nitrogen and oxygen atoms in total. The predicted octanol–water partition coefficient (Wildman–Crippen LogP) is -0.200. The van der Waals surface area contributed by atoms with Gasteiger partial charge in [-0.1, -0.05) is 6.92 Å². The zero-order valence-corrected chi connectivity index (χ0v) is 15.6. The Morgan fingerprint density at radius 3 is 2.79 bits per heavy atom. The van der Waals surface area contributed by atoms with Crippen LogP contribution >= 0.6 is 0 Å². The molecule has 2 saturated heterocycles. The molecule has 2 aliphatic heterocycles. The molecule has 7 heteroatoms. The third-order valence-corrected chi connectivity index (χ3v) is 4.94. The van der Waals surface area contributed by atoms with Gasteiger partial charge < -0.3 is 25.3 Å². The Labute approximate surface area is 146 Å². The van der Waals surface area contributed by atoms with Crippen molar-refractivity contribution in [2.45, 2.75) is 32.2 Å². The molecule has 2 heterocycles. The molecule has 2 N–H and O–H groups in total. The molecule has 0 bridgehead atoms. The third kappa shape index (κ3) is 5.94. The van der Waals surface area contributed by atoms with Crippen LogP contribution < -0.4 is 10.6 Å². The van der Waals surface area contributed by atoms with Crippen LogP contribution in [0.1, 0.15) is 26.2 Å². The van der Waals surface area contributed by atoms with E-state index in [2.05, 4.69) is 32.5 Å². The SMILES string of the molecule is CCC(=O)N1CCC(NC(=NC)NCCN2CCCN(C)CC2)C1. The second-order valence-electron chi connectivity index (χ2n) is 6.82. The molecule has 24 heavy (non-hydrogen) atoms. The average Bonchev–Trinajstić information content (AvgIpc) is 2.96. The Morgan fingerprint density at radius 1 is 1.21 bits per heavy atom. The van der Waals surface area contributed by atoms with Crippen LogP contribution in [0.2, 0.25) is 0 Å². The molecule has 0 saturated carbocycles. The van der Waals surface area contributed by atoms with Crippen LogP contribution in [0, 0.1) is 0 Å². The minimum absolute atomic E-state index is 0.244. The van der Waals surface area contributed by atoms with Gasteiger partial charge in [0.1, 0.15) is 0 Å². The summed E-state index contributed by atoms with van der Waals surface area (Å²) in [5.74, 6) is 1.09. The number of rotatable bonds is 5. The molecule has 0 aliphatic carbocycles. The van der Waals surface area contributed by atoms with E-state index in [-0.39, 0.29) is 5.91 Å². The molecule has 1 unspecified atom stereocenters. The van der Waals surface area contributed by atoms with Crippen molar-refractivity contribution in [2.24, 2.45) is 4.99 Å². The second-order valence-corrected chi connectivity index (χ2v) is 6.82. The van der Waals surface area contributed by atoms with Crippen molar-refractivity contribution in [3.63, 3.8) is 0 Å². The van der Waals surface area contributed by atoms with E-state index in [1.54, 1.807) is 7.05 Å². The first-order chi connectivity index (χ1) is 11.6. The molecule has 1 amide bonds. The van der Waals surface area contributed by atoms with Crippen molar-refractivity contribution >= 4 is 11.9 Å². The Hall–Kier alpha value is -1.34. The quantitative estimate of drug-likeness (QED) is 0.537. The summed E-state index contributed by atoms with van der Waals surface area (Å²) >= 11 is 0. The number of carbonyl (C=O) groups is 1. The monoisotopic (exact) mass is 338 g/mol. The maximum absolute atomic E-state index is 11.8. The summed E-state index contributed by atoms with van der Waals surface area (Å²) in [6, 6.07) is 0.304. The van der Waals surface area contributed by atoms with E-state index in [0.29, 0.717) is 12.5 Å². The van der Waals surface area contributed by atoms with Gasteiger partial charge in [-0.2, -0.15) is 0 Å². The fraction of sp³-hybridized carbons (Fsp3) is 0.882. The Morgan fingerprint density at radius 2 is 2.04 bits per heavy atom. The van der Waals surface area contributed by atoms with Gasteiger partial charge in [0, 0.05) is 58.8 Å². The number of likely N-dealkylation sites (tertiary alicyclic amines) is 1. The number of hydrogen-bond acceptors (Lipinski definition) is 4. The van der Waals surface area contributed by atoms with E-state index >= 15 is 0 Å². The van der Waals surface area contributed by atoms with Gasteiger partial charge in [-0.05, 0) is 33.0 Å². The van der Waals surface area contributed by atoms with E-state index in [4.69, 9.17) is 0 Å². The van der Waals surface area contributed by atoms with Crippen LogP contribution in [0.4, 0.5) is 0 Å². The highest BCUT2D eigenvalue weighted by Gasteiger charge is 2.25. The highest BCUT2D eigenvalue weighted by molar-refractivity contribution is 5.80. The Bertz CT molecular complexity index is 427. The number of likely N-dealkylation sites (N-methyl/N-ethyl adjacent to an activating group) is 1. The summed E-state index contributed by atoms with van der Waals surface area (Å²) in [4.78, 5) is 22.9. The number of guanidine groups is 1. The first kappa shape index (κ1) is 19.0. The second kappa shape index (κ2) is 9.84. The predicted molar refractivity (Wildman–Crippen MR) is 98.3 cm³/mol. The number of nitrogens with zero attached hydrogens (tertiary/aromatic N) is 4. The van der Waals surface area contributed by atoms with Gasteiger partial charge in [-0.3, -0.25) is 9.79 Å². The molecular weight excluding hydrogens is 304 g/mol. The minimum atomic E-state index is 0.244. The average molecular weight is 339 g/mol. The van der Waals surface area contributed by atoms with Crippen LogP contribution in [0.3, 0.4) is 0 Å². The lowest BCUT2D eigenvalue weighted by Crippen LogP contribution is -2.47. The van der Waals surface area contributed by atoms with Gasteiger partial charge in [-0.15, -0.1) is 0 Å². The van der Waals surface area contributed by atoms with Crippen molar-refractivity contribution in [2.75, 3.05) is 66.5 Å². The molecule has 0 aromatic carbocycles. The maximum Gasteiger partial charge on any atom is 0.222 e. The van der Waals surface area contributed by atoms with Crippen LogP contribution in [0.15, 0.2) is 4.99 Å². The van der Waals surface area contributed by atoms with Crippen molar-refractivity contribution in [1.29, 1.82) is 0 Å². The van der Waals surface area contributed by atoms with Gasteiger partial charge >= 0.3 is 0 Å². The highest BCUT2D eigenvalue weighted by atomic mass is 16.2. The third-order valence-electron chi connectivity index (χ3n) is 4.94. The lowest BCUT2D eigenvalue weighted by atomic mass is 10.3. The van der Waals surface area contributed by atoms with Crippen molar-refractivity contribution in [3.05, 3.63) is 0 Å². The van der Waals surface area contributed by atoms with Crippen LogP contribution in [0.25, 0.3) is 0 Å². The number of amides is 1. The normalized spacial score (nSPS) is 24.0. The number of aliphatic imine (C=N–C) groups is 1. The summed E-state index contributed by atoms with van der Waals surface area (Å²) in [7, 11) is 4.00. The van der Waals surface area contributed by atoms with E-state index in [9.17, 15) is 4.79 Å². The summed E-state index contributed by atoms with van der Waals surface area (Å²) < 4.78 is 0. The molecule has 2 aliphatic rings. The summed E-state index contributed by atoms with van der Waals surface area (Å²) in [5, 5.41) is 6.86. The zero-order valence-electron chi connectivity index (χ0n) is 15.6. The molecule has 138 valence electrons. The van der Waals surface area contributed by atoms with Crippen molar-refractivity contribution in [1.82, 2.24) is 25.3 Å². The molecule has 0 spiro atoms. The van der Waals surface area contributed by atoms with Gasteiger partial charge in [0.15, 0.2) is 5.96 Å². The standard InChI is InChI=1S/C17H34N6O/c1-4-16(24)23-10-6-15(14-23)20-17(18-2)19-7-11-22-9-5-8-21(3)12-13-22/h15H,4-14H2,1-3H3,(H2,18,19,20). The summed E-state index contributed by atoms with van der Waals surface area (Å²) in [5.41, 5.74) is 0. The molecule has 0 radical (unpaired) electrons. The largest absolute Gasteiger partial charge is 0.355 e. The van der Waals surface area contributed by atoms with E-state index in [1.165, 1.54) is 19.5 Å². The maximum atomic E-state index is 11.8. The fourth-order valence-corrected chi connectivity index (χ4v) is 3.37. The van der Waals surface area contributed by atoms with Crippen LogP contribution in [-0.2, 0) is 4.79 Å². The zero-order chi connectivity index (χ0) is 17.4. The molecule has 0 aromatic heterocycles. The minimum Gasteiger partial charge on any atom is -0.355 e. The topological polar surface area (TPSA) is 63.2 Å². The molecule has 1 atom stereocenters. The smallest absolute Gasteiger partial charge is 0.222 e. The lowest BCUT2D eigenvalue weighted by molar-refractivity contribution is -0.129. The number of nitrogens with one attached hydrogen (secondary N) is 2. The van der Waals surface area contributed by atoms with Crippen molar-refractivity contribution in [3.8, 4) is 0 Å². The number of carbonyl (C=O) groups excluding carboxylic acids is 1. The summed E-state index contributed by atoms with van der Waals surface area (Å²) in [6.07, 6.45) is 2.82. The van der Waals surface area contributed by atoms with E-state index in [0.717, 1.165) is 51.6 Å². The van der Waals surface area contributed by atoms with Crippen LogP contribution in [0.5, 0.6) is 0 Å². The van der Waals surface area contributed by atoms with E-state index < -0.39 is 0 Å². The Kier molecular flexibility index (Phi) is 7.78. The van der Waals surface area contributed by atoms with Gasteiger partial charge in [-0.25, -0.2) is 0 Å². The van der Waals surface area contributed by atoms with Crippen molar-refractivity contribution < 1.29 is 4.79 Å². The van der Waals surface area contributed by atoms with Gasteiger partial charge in [0.05, 0.1) is 0 Å². The van der Waals surface area contributed by atoms with Crippen LogP contribution in [-0.4, -0.2) is 99.1 Å². The first-order valence-corrected chi connectivity index (χ1v) is 9.28. The molecule has 2 rings (SSSR count). The van der Waals surface area contributed by atoms with Gasteiger partial charge in [0.2, 0.25) is 5.91 Å². The van der Waals surface area contributed by atoms with Gasteiger partial charge in [0.25, 0.3) is 0 Å². The molecule has 2 fully saturated rings. The first-order valence-electron chi connectivity index (χ1n) is 9.28. The lowest BCUT2D eigenvalue weighted by Gasteiger charge is -2.22. The highest BCUT2D eigenvalue weighted by Crippen LogP contribution is 2.10. The molecular formula is C17H34N6O. The number of hydrogen-bond donors (Lipinski definition) is 2. The summed E-state index contributed by atoms with van der Waals surface area (Å²) in [6.45, 7) is 10.2. The Balaban J connectivity index is 1.67. The van der Waals surface area contributed by atoms with E-state index in [1.807, 2.05) is 11.8 Å². The molecule has 0 aromatic rings.